The van der Waals surface area contributed by atoms with Crippen LogP contribution in [0.25, 0.3) is 0 Å². The maximum Gasteiger partial charge on any atom is 0.326 e. The van der Waals surface area contributed by atoms with Gasteiger partial charge in [0.15, 0.2) is 6.29 Å². The average molecular weight is 391 g/mol. The molecule has 0 amide bonds. The van der Waals surface area contributed by atoms with Gasteiger partial charge in [-0.2, -0.15) is 5.06 Å². The van der Waals surface area contributed by atoms with Crippen molar-refractivity contribution in [1.82, 2.24) is 5.06 Å². The maximum atomic E-state index is 11.8. The number of fused-ring (bicyclic) bond motifs is 1. The van der Waals surface area contributed by atoms with E-state index in [9.17, 15) is 15.0 Å². The Kier molecular flexibility index (Phi) is 3.61. The second-order valence-electron chi connectivity index (χ2n) is 4.98. The molecule has 1 aromatic carbocycles. The van der Waals surface area contributed by atoms with Gasteiger partial charge in [-0.05, 0) is 35.6 Å². The van der Waals surface area contributed by atoms with Gasteiger partial charge in [-0.15, -0.1) is 0 Å². The van der Waals surface area contributed by atoms with Crippen LogP contribution < -0.4 is 0 Å². The van der Waals surface area contributed by atoms with Crippen molar-refractivity contribution < 1.29 is 24.6 Å². The van der Waals surface area contributed by atoms with Gasteiger partial charge in [0.25, 0.3) is 0 Å². The number of halogens is 1. The standard InChI is InChI=1S/C13H14INO5/c1-6-9-10(13(18)19-6)15(20-12(9)17)5-7-3-2-4-8(14)11(7)16/h2-4,6,9-10,12,16-17H,5H2,1H3/t6-,9-,10-,12?/m0/s1. The quantitative estimate of drug-likeness (QED) is 0.579. The highest BCUT2D eigenvalue weighted by atomic mass is 127. The number of carbonyl (C=O) groups is 1. The van der Waals surface area contributed by atoms with E-state index in [0.29, 0.717) is 5.56 Å². The first-order valence-corrected chi connectivity index (χ1v) is 7.35. The number of hydrogen-bond acceptors (Lipinski definition) is 6. The topological polar surface area (TPSA) is 79.2 Å². The van der Waals surface area contributed by atoms with Crippen molar-refractivity contribution in [2.75, 3.05) is 0 Å². The number of aliphatic hydroxyl groups is 1. The lowest BCUT2D eigenvalue weighted by Gasteiger charge is -2.19. The average Bonchev–Trinajstić information content (AvgIpc) is 2.86. The van der Waals surface area contributed by atoms with Crippen LogP contribution in [-0.4, -0.2) is 39.7 Å². The fraction of sp³-hybridized carbons (Fsp3) is 0.462. The third-order valence-electron chi connectivity index (χ3n) is 3.73. The summed E-state index contributed by atoms with van der Waals surface area (Å²) in [6.45, 7) is 1.95. The number of esters is 1. The number of ether oxygens (including phenoxy) is 1. The summed E-state index contributed by atoms with van der Waals surface area (Å²) in [7, 11) is 0. The molecule has 0 bridgehead atoms. The zero-order valence-corrected chi connectivity index (χ0v) is 12.9. The highest BCUT2D eigenvalue weighted by molar-refractivity contribution is 14.1. The molecule has 4 atom stereocenters. The van der Waals surface area contributed by atoms with Gasteiger partial charge < -0.3 is 14.9 Å². The number of para-hydroxylation sites is 1. The van der Waals surface area contributed by atoms with Crippen LogP contribution in [0.3, 0.4) is 0 Å². The Bertz CT molecular complexity index is 552. The van der Waals surface area contributed by atoms with Crippen LogP contribution in [0.4, 0.5) is 0 Å². The number of aliphatic hydroxyl groups excluding tert-OH is 1. The molecule has 6 nitrogen and oxygen atoms in total. The van der Waals surface area contributed by atoms with Gasteiger partial charge in [0.1, 0.15) is 17.9 Å². The van der Waals surface area contributed by atoms with Crippen LogP contribution in [0.2, 0.25) is 0 Å². The van der Waals surface area contributed by atoms with Gasteiger partial charge in [-0.25, -0.2) is 0 Å². The molecular formula is C13H14INO5. The molecule has 0 aromatic heterocycles. The van der Waals surface area contributed by atoms with E-state index in [1.54, 1.807) is 19.1 Å². The SMILES string of the molecule is C[C@@H]1OC(=O)[C@@H]2[C@H]1C(O)ON2Cc1cccc(I)c1O. The molecular weight excluding hydrogens is 377 g/mol. The van der Waals surface area contributed by atoms with E-state index in [4.69, 9.17) is 9.57 Å². The number of phenols is 1. The highest BCUT2D eigenvalue weighted by Crippen LogP contribution is 2.38. The molecule has 1 unspecified atom stereocenters. The Hall–Kier alpha value is -0.900. The maximum absolute atomic E-state index is 11.8. The summed E-state index contributed by atoms with van der Waals surface area (Å²) in [5.41, 5.74) is 0.636. The number of nitrogens with zero attached hydrogens (tertiary/aromatic N) is 1. The minimum Gasteiger partial charge on any atom is -0.507 e. The molecule has 2 heterocycles. The Morgan fingerprint density at radius 2 is 2.20 bits per heavy atom. The first-order valence-electron chi connectivity index (χ1n) is 6.27. The van der Waals surface area contributed by atoms with Crippen molar-refractivity contribution in [1.29, 1.82) is 0 Å². The number of cyclic esters (lactones) is 1. The van der Waals surface area contributed by atoms with Crippen molar-refractivity contribution in [2.24, 2.45) is 5.92 Å². The van der Waals surface area contributed by atoms with Crippen molar-refractivity contribution in [3.8, 4) is 5.75 Å². The normalized spacial score (nSPS) is 33.2. The number of phenolic OH excluding ortho intramolecular Hbond substituents is 1. The Morgan fingerprint density at radius 3 is 2.95 bits per heavy atom. The van der Waals surface area contributed by atoms with Crippen LogP contribution in [0.1, 0.15) is 12.5 Å². The minimum absolute atomic E-state index is 0.161. The van der Waals surface area contributed by atoms with Gasteiger partial charge in [-0.1, -0.05) is 12.1 Å². The lowest BCUT2D eigenvalue weighted by Crippen LogP contribution is -2.35. The fourth-order valence-corrected chi connectivity index (χ4v) is 3.26. The zero-order chi connectivity index (χ0) is 14.4. The van der Waals surface area contributed by atoms with Gasteiger partial charge in [0.2, 0.25) is 0 Å². The van der Waals surface area contributed by atoms with Crippen molar-refractivity contribution >= 4 is 28.6 Å². The van der Waals surface area contributed by atoms with Crippen molar-refractivity contribution in [3.05, 3.63) is 27.3 Å². The molecule has 2 saturated heterocycles. The van der Waals surface area contributed by atoms with Crippen LogP contribution in [0, 0.1) is 9.49 Å². The molecule has 1 aromatic rings. The Balaban J connectivity index is 1.85. The van der Waals surface area contributed by atoms with E-state index in [1.165, 1.54) is 5.06 Å². The lowest BCUT2D eigenvalue weighted by atomic mass is 9.98. The summed E-state index contributed by atoms with van der Waals surface area (Å²) >= 11 is 2.03. The molecule has 108 valence electrons. The molecule has 2 aliphatic rings. The highest BCUT2D eigenvalue weighted by Gasteiger charge is 2.56. The van der Waals surface area contributed by atoms with Gasteiger partial charge in [-0.3, -0.25) is 9.63 Å². The number of hydrogen-bond donors (Lipinski definition) is 2. The zero-order valence-electron chi connectivity index (χ0n) is 10.7. The summed E-state index contributed by atoms with van der Waals surface area (Å²) in [5.74, 6) is -0.634. The minimum atomic E-state index is -1.06. The molecule has 0 radical (unpaired) electrons. The van der Waals surface area contributed by atoms with E-state index in [0.717, 1.165) is 3.57 Å². The van der Waals surface area contributed by atoms with Crippen LogP contribution in [0.15, 0.2) is 18.2 Å². The largest absolute Gasteiger partial charge is 0.507 e. The van der Waals surface area contributed by atoms with Crippen LogP contribution in [-0.2, 0) is 20.9 Å². The molecule has 20 heavy (non-hydrogen) atoms. The van der Waals surface area contributed by atoms with E-state index in [2.05, 4.69) is 0 Å². The number of carbonyl (C=O) groups excluding carboxylic acids is 1. The predicted octanol–water partition coefficient (Wildman–Crippen LogP) is 0.992. The number of benzene rings is 1. The molecule has 3 rings (SSSR count). The smallest absolute Gasteiger partial charge is 0.326 e. The summed E-state index contributed by atoms with van der Waals surface area (Å²) in [6.07, 6.45) is -1.44. The number of rotatable bonds is 2. The summed E-state index contributed by atoms with van der Waals surface area (Å²) in [6, 6.07) is 4.73. The molecule has 7 heteroatoms. The summed E-state index contributed by atoms with van der Waals surface area (Å²) in [5, 5.41) is 21.3. The van der Waals surface area contributed by atoms with Crippen LogP contribution in [0.5, 0.6) is 5.75 Å². The van der Waals surface area contributed by atoms with Gasteiger partial charge in [0.05, 0.1) is 16.0 Å². The van der Waals surface area contributed by atoms with Gasteiger partial charge in [0, 0.05) is 5.56 Å². The monoisotopic (exact) mass is 391 g/mol. The summed E-state index contributed by atoms with van der Waals surface area (Å²) < 4.78 is 5.86. The first kappa shape index (κ1) is 14.1. The van der Waals surface area contributed by atoms with E-state index in [1.807, 2.05) is 28.7 Å². The second-order valence-corrected chi connectivity index (χ2v) is 6.15. The molecule has 2 fully saturated rings. The molecule has 2 aliphatic heterocycles. The Morgan fingerprint density at radius 1 is 1.45 bits per heavy atom. The Labute approximate surface area is 129 Å². The molecule has 2 N–H and O–H groups in total. The predicted molar refractivity (Wildman–Crippen MR) is 76.3 cm³/mol. The lowest BCUT2D eigenvalue weighted by molar-refractivity contribution is -0.240. The number of hydroxylamine groups is 2. The second kappa shape index (κ2) is 5.14. The van der Waals surface area contributed by atoms with Gasteiger partial charge >= 0.3 is 5.97 Å². The number of aromatic hydroxyl groups is 1. The molecule has 0 saturated carbocycles. The van der Waals surface area contributed by atoms with Crippen molar-refractivity contribution in [2.45, 2.75) is 31.9 Å². The molecule has 0 aliphatic carbocycles. The van der Waals surface area contributed by atoms with Crippen molar-refractivity contribution in [3.63, 3.8) is 0 Å². The van der Waals surface area contributed by atoms with E-state index in [-0.39, 0.29) is 18.4 Å². The molecule has 0 spiro atoms. The third kappa shape index (κ3) is 2.18. The third-order valence-corrected chi connectivity index (χ3v) is 4.60. The van der Waals surface area contributed by atoms with E-state index < -0.39 is 24.2 Å². The van der Waals surface area contributed by atoms with Crippen LogP contribution >= 0.6 is 22.6 Å². The fourth-order valence-electron chi connectivity index (χ4n) is 2.71. The first-order chi connectivity index (χ1) is 9.49. The summed E-state index contributed by atoms with van der Waals surface area (Å²) in [4.78, 5) is 17.2. The van der Waals surface area contributed by atoms with E-state index >= 15 is 0 Å².